The molecule has 0 N–H and O–H groups in total. The van der Waals surface area contributed by atoms with Gasteiger partial charge in [0, 0.05) is 0 Å². The van der Waals surface area contributed by atoms with Gasteiger partial charge < -0.3 is 0 Å². The second kappa shape index (κ2) is 11.7. The molecule has 12 rings (SSSR count). The van der Waals surface area contributed by atoms with E-state index >= 15 is 0 Å². The Kier molecular flexibility index (Phi) is 6.57. The molecule has 260 valence electrons. The Morgan fingerprint density at radius 1 is 0.232 bits per heavy atom. The first-order valence-electron chi connectivity index (χ1n) is 19.7. The molecular formula is C56H36. The average molecular weight is 709 g/mol. The van der Waals surface area contributed by atoms with Gasteiger partial charge in [0.05, 0.1) is 0 Å². The number of fused-ring (bicyclic) bond motifs is 6. The van der Waals surface area contributed by atoms with E-state index in [9.17, 15) is 0 Å². The van der Waals surface area contributed by atoms with E-state index in [-0.39, 0.29) is 0 Å². The zero-order valence-corrected chi connectivity index (χ0v) is 31.3. The van der Waals surface area contributed by atoms with E-state index in [0.717, 1.165) is 0 Å². The van der Waals surface area contributed by atoms with Crippen LogP contribution in [0.15, 0.2) is 182 Å². The van der Waals surface area contributed by atoms with Crippen molar-refractivity contribution in [2.75, 3.05) is 0 Å². The van der Waals surface area contributed by atoms with Crippen molar-refractivity contribution in [3.63, 3.8) is 0 Å². The summed E-state index contributed by atoms with van der Waals surface area (Å²) in [5.41, 5.74) is 18.1. The van der Waals surface area contributed by atoms with E-state index in [1.54, 1.807) is 0 Å². The Morgan fingerprint density at radius 2 is 0.643 bits per heavy atom. The molecule has 0 aromatic heterocycles. The average Bonchev–Trinajstić information content (AvgIpc) is 3.58. The molecule has 0 aliphatic heterocycles. The number of aryl methyl sites for hydroxylation is 2. The van der Waals surface area contributed by atoms with Crippen molar-refractivity contribution in [2.24, 2.45) is 0 Å². The molecule has 0 saturated heterocycles. The van der Waals surface area contributed by atoms with Crippen LogP contribution in [0, 0.1) is 13.8 Å². The number of hydrogen-bond donors (Lipinski definition) is 0. The third-order valence-corrected chi connectivity index (χ3v) is 12.6. The molecule has 0 amide bonds. The fourth-order valence-electron chi connectivity index (χ4n) is 10.4. The molecular weight excluding hydrogens is 673 g/mol. The molecule has 1 aliphatic carbocycles. The molecule has 0 unspecified atom stereocenters. The summed E-state index contributed by atoms with van der Waals surface area (Å²) in [6.45, 7) is 4.58. The summed E-state index contributed by atoms with van der Waals surface area (Å²) in [6.07, 6.45) is 0. The molecule has 0 bridgehead atoms. The minimum absolute atomic E-state index is 1.23. The van der Waals surface area contributed by atoms with Gasteiger partial charge in [-0.25, -0.2) is 0 Å². The van der Waals surface area contributed by atoms with Crippen LogP contribution in [0.3, 0.4) is 0 Å². The van der Waals surface area contributed by atoms with Crippen LogP contribution in [0.4, 0.5) is 0 Å². The highest BCUT2D eigenvalue weighted by molar-refractivity contribution is 6.39. The normalized spacial score (nSPS) is 12.1. The summed E-state index contributed by atoms with van der Waals surface area (Å²) in [7, 11) is 0. The van der Waals surface area contributed by atoms with Gasteiger partial charge in [-0.2, -0.15) is 0 Å². The van der Waals surface area contributed by atoms with Crippen molar-refractivity contribution in [3.05, 3.63) is 193 Å². The first-order valence-corrected chi connectivity index (χ1v) is 19.7. The predicted molar refractivity (Wildman–Crippen MR) is 241 cm³/mol. The van der Waals surface area contributed by atoms with Crippen molar-refractivity contribution >= 4 is 53.9 Å². The molecule has 0 spiro atoms. The molecule has 11 aromatic rings. The Hall–Kier alpha value is -7.02. The van der Waals surface area contributed by atoms with Gasteiger partial charge in [-0.1, -0.05) is 182 Å². The van der Waals surface area contributed by atoms with E-state index in [1.807, 2.05) is 0 Å². The lowest BCUT2D eigenvalue weighted by molar-refractivity contribution is 1.45. The van der Waals surface area contributed by atoms with E-state index in [0.29, 0.717) is 0 Å². The van der Waals surface area contributed by atoms with Gasteiger partial charge in [0.25, 0.3) is 0 Å². The van der Waals surface area contributed by atoms with Crippen molar-refractivity contribution < 1.29 is 0 Å². The molecule has 56 heavy (non-hydrogen) atoms. The largest absolute Gasteiger partial charge is 0.0622 e. The number of rotatable bonds is 4. The van der Waals surface area contributed by atoms with Crippen LogP contribution in [0.25, 0.3) is 121 Å². The lowest BCUT2D eigenvalue weighted by Gasteiger charge is -2.25. The van der Waals surface area contributed by atoms with Gasteiger partial charge in [0.15, 0.2) is 0 Å². The third-order valence-electron chi connectivity index (χ3n) is 12.6. The quantitative estimate of drug-likeness (QED) is 0.126. The molecule has 11 aromatic carbocycles. The van der Waals surface area contributed by atoms with Crippen molar-refractivity contribution in [3.8, 4) is 66.8 Å². The lowest BCUT2D eigenvalue weighted by Crippen LogP contribution is -1.98. The van der Waals surface area contributed by atoms with Gasteiger partial charge in [-0.3, -0.25) is 0 Å². The van der Waals surface area contributed by atoms with Crippen LogP contribution >= 0.6 is 0 Å². The van der Waals surface area contributed by atoms with Crippen molar-refractivity contribution in [1.82, 2.24) is 0 Å². The topological polar surface area (TPSA) is 0 Å². The van der Waals surface area contributed by atoms with Crippen LogP contribution in [0.1, 0.15) is 11.1 Å². The molecule has 0 radical (unpaired) electrons. The van der Waals surface area contributed by atoms with Crippen LogP contribution in [0.2, 0.25) is 0 Å². The molecule has 0 nitrogen and oxygen atoms in total. The lowest BCUT2D eigenvalue weighted by atomic mass is 9.78. The molecule has 0 heteroatoms. The maximum Gasteiger partial charge on any atom is -0.000708 e. The Balaban J connectivity index is 1.33. The summed E-state index contributed by atoms with van der Waals surface area (Å²) < 4.78 is 0. The smallest absolute Gasteiger partial charge is 0.000708 e. The zero-order chi connectivity index (χ0) is 37.1. The first kappa shape index (κ1) is 31.3. The van der Waals surface area contributed by atoms with E-state index in [2.05, 4.69) is 196 Å². The van der Waals surface area contributed by atoms with Gasteiger partial charge in [-0.05, 0) is 146 Å². The zero-order valence-electron chi connectivity index (χ0n) is 31.3. The second-order valence-electron chi connectivity index (χ2n) is 15.6. The minimum Gasteiger partial charge on any atom is -0.0622 e. The summed E-state index contributed by atoms with van der Waals surface area (Å²) in [6, 6.07) is 68.1. The van der Waals surface area contributed by atoms with E-state index < -0.39 is 0 Å². The fraction of sp³-hybridized carbons (Fsp3) is 0.0357. The molecule has 1 aliphatic rings. The van der Waals surface area contributed by atoms with Gasteiger partial charge in [-0.15, -0.1) is 0 Å². The SMILES string of the molecule is Cc1cccc(-c2ccccc2)c1-c1c2c(c(-c3c(C)cccc3-c3ccccc3)c3ccccc13)-c1ccc3c4cccc5cccc(c6ccc-2c1c63)c54. The summed E-state index contributed by atoms with van der Waals surface area (Å²) in [4.78, 5) is 0. The maximum atomic E-state index is 2.45. The minimum atomic E-state index is 1.23. The number of benzene rings is 11. The number of hydrogen-bond acceptors (Lipinski definition) is 0. The van der Waals surface area contributed by atoms with Crippen molar-refractivity contribution in [2.45, 2.75) is 13.8 Å². The summed E-state index contributed by atoms with van der Waals surface area (Å²) >= 11 is 0. The highest BCUT2D eigenvalue weighted by Crippen LogP contribution is 2.61. The second-order valence-corrected chi connectivity index (χ2v) is 15.6. The van der Waals surface area contributed by atoms with E-state index in [4.69, 9.17) is 0 Å². The Bertz CT molecular complexity index is 3180. The predicted octanol–water partition coefficient (Wildman–Crippen LogP) is 15.8. The van der Waals surface area contributed by atoms with Gasteiger partial charge in [0.1, 0.15) is 0 Å². The van der Waals surface area contributed by atoms with Crippen LogP contribution in [0.5, 0.6) is 0 Å². The first-order chi connectivity index (χ1) is 27.7. The third kappa shape index (κ3) is 4.19. The standard InChI is InChI=1S/C56H36/c1-33-15-11-25-38(35-17-5-3-6-18-35)48(33)53-42-23-9-10-24-43(42)54(49-34(2)16-12-26-39(49)36-19-7-4-8-20-36)56-47-32-30-45-41-28-14-22-37-21-13-27-40(50(37)41)44-29-31-46(55(53)56)52(47)51(44)45/h3-32H,1-2H3. The molecule has 0 fully saturated rings. The van der Waals surface area contributed by atoms with E-state index in [1.165, 1.54) is 132 Å². The highest BCUT2D eigenvalue weighted by atomic mass is 14.4. The highest BCUT2D eigenvalue weighted by Gasteiger charge is 2.34. The van der Waals surface area contributed by atoms with Crippen LogP contribution in [-0.4, -0.2) is 0 Å². The Morgan fingerprint density at radius 3 is 1.12 bits per heavy atom. The van der Waals surface area contributed by atoms with Crippen LogP contribution in [-0.2, 0) is 0 Å². The van der Waals surface area contributed by atoms with Crippen LogP contribution < -0.4 is 0 Å². The molecule has 0 saturated carbocycles. The monoisotopic (exact) mass is 708 g/mol. The summed E-state index contributed by atoms with van der Waals surface area (Å²) in [5.74, 6) is 0. The molecule has 0 heterocycles. The Labute approximate surface area is 326 Å². The molecule has 0 atom stereocenters. The van der Waals surface area contributed by atoms with Gasteiger partial charge >= 0.3 is 0 Å². The fourth-order valence-corrected chi connectivity index (χ4v) is 10.4. The van der Waals surface area contributed by atoms with Crippen molar-refractivity contribution in [1.29, 1.82) is 0 Å². The summed E-state index contributed by atoms with van der Waals surface area (Å²) in [5, 5.41) is 13.2. The maximum absolute atomic E-state index is 2.45. The van der Waals surface area contributed by atoms with Gasteiger partial charge in [0.2, 0.25) is 0 Å².